The lowest BCUT2D eigenvalue weighted by atomic mass is 9.82. The van der Waals surface area contributed by atoms with Crippen LogP contribution in [0.15, 0.2) is 18.2 Å². The summed E-state index contributed by atoms with van der Waals surface area (Å²) >= 11 is 6.08. The van der Waals surface area contributed by atoms with Gasteiger partial charge in [-0.15, -0.1) is 0 Å². The summed E-state index contributed by atoms with van der Waals surface area (Å²) in [5, 5.41) is 9.95. The number of halogens is 1. The van der Waals surface area contributed by atoms with Gasteiger partial charge in [0.1, 0.15) is 0 Å². The van der Waals surface area contributed by atoms with Crippen molar-refractivity contribution in [2.75, 3.05) is 18.0 Å². The van der Waals surface area contributed by atoms with Gasteiger partial charge in [-0.3, -0.25) is 4.79 Å². The van der Waals surface area contributed by atoms with Crippen LogP contribution in [-0.2, 0) is 4.79 Å². The Bertz CT molecular complexity index is 532. The number of fused-ring (bicyclic) bond motifs is 1. The maximum Gasteiger partial charge on any atom is 0.310 e. The standard InChI is InChI=1S/C17H22ClNO2/c1-11(17(20)21)15-8-14(18)6-7-16(15)19-9-12-4-2-3-5-13(12)10-19/h6-8,11-13H,2-5,9-10H2,1H3,(H,20,21). The predicted molar refractivity (Wildman–Crippen MR) is 85.2 cm³/mol. The fraction of sp³-hybridized carbons (Fsp3) is 0.588. The minimum atomic E-state index is -0.796. The Hall–Kier alpha value is -1.22. The molecular formula is C17H22ClNO2. The van der Waals surface area contributed by atoms with Crippen LogP contribution in [0.1, 0.15) is 44.1 Å². The maximum absolute atomic E-state index is 11.4. The van der Waals surface area contributed by atoms with Crippen LogP contribution in [0.4, 0.5) is 5.69 Å². The van der Waals surface area contributed by atoms with Gasteiger partial charge < -0.3 is 10.0 Å². The first-order valence-corrected chi connectivity index (χ1v) is 8.21. The summed E-state index contributed by atoms with van der Waals surface area (Å²) in [6.45, 7) is 3.86. The number of nitrogens with zero attached hydrogens (tertiary/aromatic N) is 1. The van der Waals surface area contributed by atoms with Gasteiger partial charge in [-0.25, -0.2) is 0 Å². The maximum atomic E-state index is 11.4. The molecule has 3 rings (SSSR count). The molecule has 0 bridgehead atoms. The second-order valence-corrected chi connectivity index (χ2v) is 6.91. The first kappa shape index (κ1) is 14.7. The van der Waals surface area contributed by atoms with E-state index in [4.69, 9.17) is 11.6 Å². The smallest absolute Gasteiger partial charge is 0.310 e. The third-order valence-electron chi connectivity index (χ3n) is 5.14. The van der Waals surface area contributed by atoms with Crippen LogP contribution in [-0.4, -0.2) is 24.2 Å². The fourth-order valence-electron chi connectivity index (χ4n) is 3.90. The van der Waals surface area contributed by atoms with E-state index >= 15 is 0 Å². The molecule has 0 spiro atoms. The van der Waals surface area contributed by atoms with Gasteiger partial charge in [0.15, 0.2) is 0 Å². The van der Waals surface area contributed by atoms with E-state index in [9.17, 15) is 9.90 Å². The zero-order valence-corrected chi connectivity index (χ0v) is 13.1. The number of hydrogen-bond donors (Lipinski definition) is 1. The molecule has 2 fully saturated rings. The molecule has 3 atom stereocenters. The van der Waals surface area contributed by atoms with Crippen LogP contribution in [0.25, 0.3) is 0 Å². The van der Waals surface area contributed by atoms with Gasteiger partial charge in [0.2, 0.25) is 0 Å². The van der Waals surface area contributed by atoms with Crippen molar-refractivity contribution in [3.05, 3.63) is 28.8 Å². The second kappa shape index (κ2) is 5.88. The van der Waals surface area contributed by atoms with E-state index in [-0.39, 0.29) is 0 Å². The largest absolute Gasteiger partial charge is 0.481 e. The minimum absolute atomic E-state index is 0.527. The molecule has 114 valence electrons. The molecule has 1 heterocycles. The summed E-state index contributed by atoms with van der Waals surface area (Å²) in [7, 11) is 0. The van der Waals surface area contributed by atoms with Crippen molar-refractivity contribution in [3.63, 3.8) is 0 Å². The molecule has 1 saturated heterocycles. The molecule has 1 aromatic carbocycles. The van der Waals surface area contributed by atoms with Gasteiger partial charge in [0.05, 0.1) is 5.92 Å². The molecule has 1 aliphatic heterocycles. The Balaban J connectivity index is 1.90. The zero-order chi connectivity index (χ0) is 15.0. The van der Waals surface area contributed by atoms with Gasteiger partial charge in [-0.1, -0.05) is 24.4 Å². The first-order chi connectivity index (χ1) is 10.1. The van der Waals surface area contributed by atoms with Crippen LogP contribution >= 0.6 is 11.6 Å². The molecule has 4 heteroatoms. The SMILES string of the molecule is CC(C(=O)O)c1cc(Cl)ccc1N1CC2CCCCC2C1. The molecule has 3 nitrogen and oxygen atoms in total. The van der Waals surface area contributed by atoms with Gasteiger partial charge in [-0.2, -0.15) is 0 Å². The van der Waals surface area contributed by atoms with Crippen molar-refractivity contribution in [1.29, 1.82) is 0 Å². The van der Waals surface area contributed by atoms with Crippen LogP contribution in [0.5, 0.6) is 0 Å². The molecule has 0 radical (unpaired) electrons. The number of benzene rings is 1. The highest BCUT2D eigenvalue weighted by atomic mass is 35.5. The molecule has 1 aromatic rings. The van der Waals surface area contributed by atoms with Gasteiger partial charge in [-0.05, 0) is 55.4 Å². The molecule has 2 aliphatic rings. The average Bonchev–Trinajstić information content (AvgIpc) is 2.89. The predicted octanol–water partition coefficient (Wildman–Crippen LogP) is 4.15. The number of rotatable bonds is 3. The third kappa shape index (κ3) is 2.89. The van der Waals surface area contributed by atoms with Gasteiger partial charge in [0, 0.05) is 23.8 Å². The first-order valence-electron chi connectivity index (χ1n) is 7.83. The van der Waals surface area contributed by atoms with Crippen molar-refractivity contribution in [1.82, 2.24) is 0 Å². The Morgan fingerprint density at radius 3 is 2.48 bits per heavy atom. The summed E-state index contributed by atoms with van der Waals surface area (Å²) in [6, 6.07) is 5.68. The Labute approximate surface area is 130 Å². The number of anilines is 1. The summed E-state index contributed by atoms with van der Waals surface area (Å²) < 4.78 is 0. The highest BCUT2D eigenvalue weighted by Crippen LogP contribution is 2.40. The highest BCUT2D eigenvalue weighted by molar-refractivity contribution is 6.30. The summed E-state index contributed by atoms with van der Waals surface area (Å²) in [5.74, 6) is 0.237. The van der Waals surface area contributed by atoms with E-state index in [1.807, 2.05) is 18.2 Å². The normalized spacial score (nSPS) is 26.5. The van der Waals surface area contributed by atoms with Crippen LogP contribution in [0.2, 0.25) is 5.02 Å². The zero-order valence-electron chi connectivity index (χ0n) is 12.4. The molecule has 0 aromatic heterocycles. The average molecular weight is 308 g/mol. The molecule has 3 unspecified atom stereocenters. The number of hydrogen-bond acceptors (Lipinski definition) is 2. The van der Waals surface area contributed by atoms with E-state index in [0.29, 0.717) is 5.02 Å². The second-order valence-electron chi connectivity index (χ2n) is 6.47. The number of aliphatic carboxylic acids is 1. The van der Waals surface area contributed by atoms with Crippen LogP contribution in [0, 0.1) is 11.8 Å². The van der Waals surface area contributed by atoms with Gasteiger partial charge in [0.25, 0.3) is 0 Å². The molecule has 1 N–H and O–H groups in total. The molecule has 0 amide bonds. The van der Waals surface area contributed by atoms with E-state index in [0.717, 1.165) is 36.2 Å². The Morgan fingerprint density at radius 1 is 1.29 bits per heavy atom. The van der Waals surface area contributed by atoms with E-state index in [1.54, 1.807) is 6.92 Å². The van der Waals surface area contributed by atoms with Crippen molar-refractivity contribution in [2.45, 2.75) is 38.5 Å². The van der Waals surface area contributed by atoms with E-state index < -0.39 is 11.9 Å². The van der Waals surface area contributed by atoms with E-state index in [2.05, 4.69) is 4.90 Å². The lowest BCUT2D eigenvalue weighted by Crippen LogP contribution is -2.23. The quantitative estimate of drug-likeness (QED) is 0.911. The molecule has 1 saturated carbocycles. The van der Waals surface area contributed by atoms with E-state index in [1.165, 1.54) is 25.7 Å². The number of carboxylic acid groups (broad SMARTS) is 1. The number of carbonyl (C=O) groups is 1. The van der Waals surface area contributed by atoms with Crippen molar-refractivity contribution in [2.24, 2.45) is 11.8 Å². The summed E-state index contributed by atoms with van der Waals surface area (Å²) in [6.07, 6.45) is 5.32. The fourth-order valence-corrected chi connectivity index (χ4v) is 4.08. The van der Waals surface area contributed by atoms with Crippen molar-refractivity contribution >= 4 is 23.3 Å². The van der Waals surface area contributed by atoms with Crippen molar-refractivity contribution in [3.8, 4) is 0 Å². The van der Waals surface area contributed by atoms with Gasteiger partial charge >= 0.3 is 5.97 Å². The third-order valence-corrected chi connectivity index (χ3v) is 5.38. The topological polar surface area (TPSA) is 40.5 Å². The monoisotopic (exact) mass is 307 g/mol. The molecular weight excluding hydrogens is 286 g/mol. The summed E-state index contributed by atoms with van der Waals surface area (Å²) in [4.78, 5) is 13.7. The molecule has 1 aliphatic carbocycles. The lowest BCUT2D eigenvalue weighted by Gasteiger charge is -2.24. The Kier molecular flexibility index (Phi) is 4.12. The Morgan fingerprint density at radius 2 is 1.90 bits per heavy atom. The summed E-state index contributed by atoms with van der Waals surface area (Å²) in [5.41, 5.74) is 1.90. The number of carboxylic acids is 1. The van der Waals surface area contributed by atoms with Crippen LogP contribution < -0.4 is 4.90 Å². The van der Waals surface area contributed by atoms with Crippen molar-refractivity contribution < 1.29 is 9.90 Å². The minimum Gasteiger partial charge on any atom is -0.481 e. The highest BCUT2D eigenvalue weighted by Gasteiger charge is 2.35. The lowest BCUT2D eigenvalue weighted by molar-refractivity contribution is -0.138. The van der Waals surface area contributed by atoms with Crippen LogP contribution in [0.3, 0.4) is 0 Å². The molecule has 21 heavy (non-hydrogen) atoms.